The summed E-state index contributed by atoms with van der Waals surface area (Å²) in [6.07, 6.45) is 3.94. The van der Waals surface area contributed by atoms with Crippen molar-refractivity contribution in [3.63, 3.8) is 0 Å². The fourth-order valence-corrected chi connectivity index (χ4v) is 3.51. The van der Waals surface area contributed by atoms with Gasteiger partial charge in [-0.2, -0.15) is 0 Å². The summed E-state index contributed by atoms with van der Waals surface area (Å²) in [7, 11) is 0. The molecular weight excluding hydrogens is 254 g/mol. The van der Waals surface area contributed by atoms with Crippen LogP contribution in [0.3, 0.4) is 0 Å². The maximum atomic E-state index is 2.65. The van der Waals surface area contributed by atoms with Gasteiger partial charge in [0.25, 0.3) is 0 Å². The highest BCUT2D eigenvalue weighted by molar-refractivity contribution is 5.32. The molecule has 1 aliphatic rings. The topological polar surface area (TPSA) is 3.24 Å². The molecule has 1 fully saturated rings. The van der Waals surface area contributed by atoms with E-state index in [2.05, 4.69) is 72.5 Å². The number of nitrogens with zero attached hydrogens (tertiary/aromatic N) is 1. The minimum atomic E-state index is 0.503. The monoisotopic (exact) mass is 279 g/mol. The van der Waals surface area contributed by atoms with E-state index in [0.717, 1.165) is 0 Å². The van der Waals surface area contributed by atoms with Gasteiger partial charge < -0.3 is 4.90 Å². The summed E-state index contributed by atoms with van der Waals surface area (Å²) in [5.41, 5.74) is 2.88. The van der Waals surface area contributed by atoms with E-state index >= 15 is 0 Å². The van der Waals surface area contributed by atoms with E-state index in [1.807, 2.05) is 0 Å². The third-order valence-electron chi connectivity index (χ3n) is 4.74. The predicted octanol–water partition coefficient (Wildman–Crippen LogP) is 4.69. The fraction of sp³-hybridized carbons (Fsp3) is 0.400. The maximum absolute atomic E-state index is 2.65. The van der Waals surface area contributed by atoms with E-state index in [0.29, 0.717) is 12.0 Å². The van der Waals surface area contributed by atoms with E-state index in [-0.39, 0.29) is 0 Å². The summed E-state index contributed by atoms with van der Waals surface area (Å²) < 4.78 is 0. The number of benzene rings is 2. The molecule has 2 aromatic rings. The lowest BCUT2D eigenvalue weighted by Crippen LogP contribution is -2.31. The zero-order valence-corrected chi connectivity index (χ0v) is 12.9. The van der Waals surface area contributed by atoms with Crippen LogP contribution in [0.4, 0.5) is 0 Å². The standard InChI is InChI=1S/C20H25N/c1-17(21-14-8-9-15-21)16-20(18-10-4-2-5-11-18)19-12-6-3-7-13-19/h2-7,10-13,17,20H,8-9,14-16H2,1H3/t17-/m0/s1. The third kappa shape index (κ3) is 3.54. The van der Waals surface area contributed by atoms with E-state index in [9.17, 15) is 0 Å². The van der Waals surface area contributed by atoms with Crippen molar-refractivity contribution in [3.8, 4) is 0 Å². The van der Waals surface area contributed by atoms with Crippen molar-refractivity contribution in [1.82, 2.24) is 4.90 Å². The van der Waals surface area contributed by atoms with E-state index in [1.54, 1.807) is 0 Å². The summed E-state index contributed by atoms with van der Waals surface area (Å²) >= 11 is 0. The van der Waals surface area contributed by atoms with Crippen molar-refractivity contribution in [2.24, 2.45) is 0 Å². The van der Waals surface area contributed by atoms with E-state index < -0.39 is 0 Å². The van der Waals surface area contributed by atoms with Crippen LogP contribution in [0.15, 0.2) is 60.7 Å². The molecule has 1 aliphatic heterocycles. The van der Waals surface area contributed by atoms with Crippen LogP contribution in [0.25, 0.3) is 0 Å². The Morgan fingerprint density at radius 2 is 1.29 bits per heavy atom. The molecule has 0 unspecified atom stereocenters. The molecule has 1 atom stereocenters. The van der Waals surface area contributed by atoms with Gasteiger partial charge in [0.2, 0.25) is 0 Å². The van der Waals surface area contributed by atoms with Crippen LogP contribution < -0.4 is 0 Å². The van der Waals surface area contributed by atoms with E-state index in [4.69, 9.17) is 0 Å². The predicted molar refractivity (Wildman–Crippen MR) is 89.6 cm³/mol. The van der Waals surface area contributed by atoms with Gasteiger partial charge in [-0.15, -0.1) is 0 Å². The molecule has 0 spiro atoms. The summed E-state index contributed by atoms with van der Waals surface area (Å²) in [5.74, 6) is 0.503. The minimum Gasteiger partial charge on any atom is -0.301 e. The highest BCUT2D eigenvalue weighted by atomic mass is 15.2. The van der Waals surface area contributed by atoms with Crippen molar-refractivity contribution in [1.29, 1.82) is 0 Å². The molecule has 1 saturated heterocycles. The van der Waals surface area contributed by atoms with Gasteiger partial charge in [-0.3, -0.25) is 0 Å². The fourth-order valence-electron chi connectivity index (χ4n) is 3.51. The number of rotatable bonds is 5. The van der Waals surface area contributed by atoms with Crippen molar-refractivity contribution in [2.75, 3.05) is 13.1 Å². The second-order valence-corrected chi connectivity index (χ2v) is 6.20. The van der Waals surface area contributed by atoms with Crippen LogP contribution in [-0.4, -0.2) is 24.0 Å². The molecule has 0 bridgehead atoms. The lowest BCUT2D eigenvalue weighted by atomic mass is 9.86. The van der Waals surface area contributed by atoms with E-state index in [1.165, 1.54) is 43.5 Å². The molecule has 0 N–H and O–H groups in total. The Morgan fingerprint density at radius 3 is 1.76 bits per heavy atom. The van der Waals surface area contributed by atoms with Crippen molar-refractivity contribution >= 4 is 0 Å². The Hall–Kier alpha value is -1.60. The zero-order chi connectivity index (χ0) is 14.5. The molecule has 1 nitrogen and oxygen atoms in total. The Bertz CT molecular complexity index is 489. The summed E-state index contributed by atoms with van der Waals surface area (Å²) in [6, 6.07) is 22.6. The molecule has 110 valence electrons. The van der Waals surface area contributed by atoms with Crippen LogP contribution in [0.5, 0.6) is 0 Å². The van der Waals surface area contributed by atoms with Gasteiger partial charge >= 0.3 is 0 Å². The first-order chi connectivity index (χ1) is 10.3. The summed E-state index contributed by atoms with van der Waals surface area (Å²) in [4.78, 5) is 2.65. The lowest BCUT2D eigenvalue weighted by molar-refractivity contribution is 0.241. The van der Waals surface area contributed by atoms with Gasteiger partial charge in [-0.1, -0.05) is 60.7 Å². The molecule has 3 rings (SSSR count). The number of hydrogen-bond acceptors (Lipinski definition) is 1. The minimum absolute atomic E-state index is 0.503. The highest BCUT2D eigenvalue weighted by Crippen LogP contribution is 2.31. The molecular formula is C20H25N. The van der Waals surface area contributed by atoms with Gasteiger partial charge in [0.1, 0.15) is 0 Å². The van der Waals surface area contributed by atoms with Gasteiger partial charge in [0, 0.05) is 12.0 Å². The van der Waals surface area contributed by atoms with Gasteiger partial charge in [-0.25, -0.2) is 0 Å². The second kappa shape index (κ2) is 6.91. The molecule has 1 heterocycles. The number of hydrogen-bond donors (Lipinski definition) is 0. The molecule has 0 aromatic heterocycles. The summed E-state index contributed by atoms with van der Waals surface area (Å²) in [6.45, 7) is 4.94. The van der Waals surface area contributed by atoms with Crippen molar-refractivity contribution < 1.29 is 0 Å². The zero-order valence-electron chi connectivity index (χ0n) is 12.9. The summed E-state index contributed by atoms with van der Waals surface area (Å²) in [5, 5.41) is 0. The quantitative estimate of drug-likeness (QED) is 0.767. The van der Waals surface area contributed by atoms with Crippen molar-refractivity contribution in [2.45, 2.75) is 38.1 Å². The van der Waals surface area contributed by atoms with Crippen molar-refractivity contribution in [3.05, 3.63) is 71.8 Å². The first-order valence-electron chi connectivity index (χ1n) is 8.18. The number of likely N-dealkylation sites (tertiary alicyclic amines) is 1. The van der Waals surface area contributed by atoms with Gasteiger partial charge in [-0.05, 0) is 50.4 Å². The Balaban J connectivity index is 1.82. The smallest absolute Gasteiger partial charge is 0.0104 e. The molecule has 2 aromatic carbocycles. The maximum Gasteiger partial charge on any atom is 0.0104 e. The van der Waals surface area contributed by atoms with Gasteiger partial charge in [0.05, 0.1) is 0 Å². The average molecular weight is 279 g/mol. The second-order valence-electron chi connectivity index (χ2n) is 6.20. The highest BCUT2D eigenvalue weighted by Gasteiger charge is 2.23. The molecule has 0 saturated carbocycles. The first-order valence-corrected chi connectivity index (χ1v) is 8.18. The molecule has 0 radical (unpaired) electrons. The van der Waals surface area contributed by atoms with Gasteiger partial charge in [0.15, 0.2) is 0 Å². The average Bonchev–Trinajstić information content (AvgIpc) is 3.09. The van der Waals surface area contributed by atoms with Crippen LogP contribution in [0, 0.1) is 0 Å². The Labute approximate surface area is 128 Å². The molecule has 1 heteroatoms. The normalized spacial score (nSPS) is 17.2. The van der Waals surface area contributed by atoms with Crippen LogP contribution in [0.1, 0.15) is 43.2 Å². The first kappa shape index (κ1) is 14.3. The lowest BCUT2D eigenvalue weighted by Gasteiger charge is -2.28. The third-order valence-corrected chi connectivity index (χ3v) is 4.74. The molecule has 0 aliphatic carbocycles. The molecule has 0 amide bonds. The molecule has 21 heavy (non-hydrogen) atoms. The van der Waals surface area contributed by atoms with Crippen LogP contribution in [0.2, 0.25) is 0 Å². The SMILES string of the molecule is C[C@@H](CC(c1ccccc1)c1ccccc1)N1CCCC1. The Kier molecular flexibility index (Phi) is 4.72. The Morgan fingerprint density at radius 1 is 0.810 bits per heavy atom. The van der Waals surface area contributed by atoms with Crippen LogP contribution >= 0.6 is 0 Å². The van der Waals surface area contributed by atoms with Crippen LogP contribution in [-0.2, 0) is 0 Å². The largest absolute Gasteiger partial charge is 0.301 e.